The van der Waals surface area contributed by atoms with Crippen LogP contribution in [0.1, 0.15) is 43.2 Å². The zero-order chi connectivity index (χ0) is 29.4. The Labute approximate surface area is 245 Å². The lowest BCUT2D eigenvalue weighted by Crippen LogP contribution is -2.45. The molecule has 2 aliphatic heterocycles. The standard InChI is InChI=1S/C31H33N5O5S/c1-19-11-12-42(38,39)29-13-22(8-10-28(29)41-19)31(37)33-16-24-14-27-23(15-32-24)7-9-26(34-27)25-5-4-6-30(35-25)36-17-20(2)40-21(3)18-36/h4-10,13-15,19-21H,11-12,16-18H2,1-3H3,(H,33,37)/t19-,20-,21+/m1/s1. The van der Waals surface area contributed by atoms with Crippen LogP contribution in [0.15, 0.2) is 65.7 Å². The van der Waals surface area contributed by atoms with Gasteiger partial charge in [-0.15, -0.1) is 0 Å². The summed E-state index contributed by atoms with van der Waals surface area (Å²) in [6, 6.07) is 16.2. The van der Waals surface area contributed by atoms with Gasteiger partial charge in [-0.25, -0.2) is 18.4 Å². The molecule has 1 N–H and O–H groups in total. The molecule has 0 spiro atoms. The minimum Gasteiger partial charge on any atom is -0.489 e. The van der Waals surface area contributed by atoms with Gasteiger partial charge < -0.3 is 19.7 Å². The fraction of sp³-hybridized carbons (Fsp3) is 0.355. The predicted octanol–water partition coefficient (Wildman–Crippen LogP) is 4.18. The number of hydrogen-bond donors (Lipinski definition) is 1. The van der Waals surface area contributed by atoms with Crippen LogP contribution in [0.3, 0.4) is 0 Å². The number of nitrogens with zero attached hydrogens (tertiary/aromatic N) is 4. The van der Waals surface area contributed by atoms with Gasteiger partial charge in [0.15, 0.2) is 9.84 Å². The first kappa shape index (κ1) is 28.0. The molecule has 1 fully saturated rings. The van der Waals surface area contributed by atoms with Crippen LogP contribution in [0.2, 0.25) is 0 Å². The zero-order valence-electron chi connectivity index (χ0n) is 23.8. The number of nitrogens with one attached hydrogen (secondary N) is 1. The van der Waals surface area contributed by atoms with E-state index in [1.165, 1.54) is 6.07 Å². The van der Waals surface area contributed by atoms with E-state index in [0.717, 1.165) is 41.2 Å². The van der Waals surface area contributed by atoms with Gasteiger partial charge in [-0.1, -0.05) is 6.07 Å². The minimum absolute atomic E-state index is 0.0202. The van der Waals surface area contributed by atoms with Gasteiger partial charge in [0.2, 0.25) is 0 Å². The van der Waals surface area contributed by atoms with Gasteiger partial charge in [0, 0.05) is 30.2 Å². The lowest BCUT2D eigenvalue weighted by atomic mass is 10.1. The van der Waals surface area contributed by atoms with Crippen molar-refractivity contribution in [2.45, 2.75) is 56.9 Å². The van der Waals surface area contributed by atoms with Crippen molar-refractivity contribution in [3.63, 3.8) is 0 Å². The summed E-state index contributed by atoms with van der Waals surface area (Å²) in [6.07, 6.45) is 2.17. The summed E-state index contributed by atoms with van der Waals surface area (Å²) in [5, 5.41) is 3.71. The van der Waals surface area contributed by atoms with Gasteiger partial charge >= 0.3 is 0 Å². The van der Waals surface area contributed by atoms with Crippen molar-refractivity contribution >= 4 is 32.5 Å². The van der Waals surface area contributed by atoms with Crippen molar-refractivity contribution in [2.24, 2.45) is 0 Å². The summed E-state index contributed by atoms with van der Waals surface area (Å²) in [6.45, 7) is 7.68. The molecule has 0 bridgehead atoms. The highest BCUT2D eigenvalue weighted by Crippen LogP contribution is 2.31. The van der Waals surface area contributed by atoms with Crippen molar-refractivity contribution < 1.29 is 22.7 Å². The molecule has 1 aromatic carbocycles. The second kappa shape index (κ2) is 11.3. The maximum Gasteiger partial charge on any atom is 0.251 e. The van der Waals surface area contributed by atoms with E-state index in [4.69, 9.17) is 19.4 Å². The number of anilines is 1. The number of pyridine rings is 3. The highest BCUT2D eigenvalue weighted by atomic mass is 32.2. The maximum atomic E-state index is 13.0. The monoisotopic (exact) mass is 587 g/mol. The lowest BCUT2D eigenvalue weighted by Gasteiger charge is -2.36. The Kier molecular flexibility index (Phi) is 7.54. The lowest BCUT2D eigenvalue weighted by molar-refractivity contribution is -0.00545. The number of sulfone groups is 1. The van der Waals surface area contributed by atoms with E-state index < -0.39 is 15.7 Å². The number of amides is 1. The number of fused-ring (bicyclic) bond motifs is 2. The average molecular weight is 588 g/mol. The molecule has 0 unspecified atom stereocenters. The molecule has 3 aromatic heterocycles. The summed E-state index contributed by atoms with van der Waals surface area (Å²) < 4.78 is 37.1. The van der Waals surface area contributed by atoms with Crippen LogP contribution < -0.4 is 15.0 Å². The van der Waals surface area contributed by atoms with Gasteiger partial charge in [0.05, 0.1) is 53.2 Å². The highest BCUT2D eigenvalue weighted by molar-refractivity contribution is 7.91. The van der Waals surface area contributed by atoms with Crippen LogP contribution in [0, 0.1) is 0 Å². The number of benzene rings is 1. The molecule has 11 heteroatoms. The molecule has 1 amide bonds. The van der Waals surface area contributed by atoms with Crippen LogP contribution >= 0.6 is 0 Å². The molecule has 2 aliphatic rings. The molecule has 3 atom stereocenters. The molecule has 218 valence electrons. The summed E-state index contributed by atoms with van der Waals surface area (Å²) in [7, 11) is -3.54. The Morgan fingerprint density at radius 2 is 1.76 bits per heavy atom. The summed E-state index contributed by atoms with van der Waals surface area (Å²) in [4.78, 5) is 29.5. The molecule has 4 aromatic rings. The van der Waals surface area contributed by atoms with E-state index in [9.17, 15) is 13.2 Å². The minimum atomic E-state index is -3.54. The van der Waals surface area contributed by atoms with Crippen molar-refractivity contribution in [3.8, 4) is 17.1 Å². The fourth-order valence-corrected chi connectivity index (χ4v) is 6.97. The molecule has 5 heterocycles. The third-order valence-corrected chi connectivity index (χ3v) is 9.23. The number of carbonyl (C=O) groups excluding carboxylic acids is 1. The molecule has 10 nitrogen and oxygen atoms in total. The van der Waals surface area contributed by atoms with Crippen LogP contribution in [0.4, 0.5) is 5.82 Å². The number of rotatable bonds is 5. The first-order chi connectivity index (χ1) is 20.1. The van der Waals surface area contributed by atoms with E-state index in [2.05, 4.69) is 29.0 Å². The van der Waals surface area contributed by atoms with Gasteiger partial charge in [0.1, 0.15) is 16.5 Å². The van der Waals surface area contributed by atoms with Crippen LogP contribution in [-0.4, -0.2) is 66.4 Å². The molecular formula is C31H33N5O5S. The Bertz CT molecular complexity index is 1750. The molecule has 0 radical (unpaired) electrons. The molecule has 0 aliphatic carbocycles. The van der Waals surface area contributed by atoms with Crippen molar-refractivity contribution in [1.29, 1.82) is 0 Å². The summed E-state index contributed by atoms with van der Waals surface area (Å²) >= 11 is 0. The van der Waals surface area contributed by atoms with Gasteiger partial charge in [0.25, 0.3) is 5.91 Å². The largest absolute Gasteiger partial charge is 0.489 e. The Balaban J connectivity index is 1.19. The first-order valence-electron chi connectivity index (χ1n) is 14.1. The molecular weight excluding hydrogens is 554 g/mol. The van der Waals surface area contributed by atoms with Crippen LogP contribution in [0.5, 0.6) is 5.75 Å². The second-order valence-corrected chi connectivity index (χ2v) is 13.1. The number of morpholine rings is 1. The van der Waals surface area contributed by atoms with Crippen LogP contribution in [0.25, 0.3) is 22.3 Å². The van der Waals surface area contributed by atoms with Crippen LogP contribution in [-0.2, 0) is 21.1 Å². The Morgan fingerprint density at radius 1 is 0.976 bits per heavy atom. The van der Waals surface area contributed by atoms with Crippen molar-refractivity contribution in [2.75, 3.05) is 23.7 Å². The molecule has 42 heavy (non-hydrogen) atoms. The second-order valence-electron chi connectivity index (χ2n) is 11.0. The van der Waals surface area contributed by atoms with E-state index in [-0.39, 0.29) is 46.8 Å². The van der Waals surface area contributed by atoms with Gasteiger partial charge in [-0.2, -0.15) is 0 Å². The quantitative estimate of drug-likeness (QED) is 0.366. The average Bonchev–Trinajstić information content (AvgIpc) is 3.09. The first-order valence-corrected chi connectivity index (χ1v) is 15.7. The predicted molar refractivity (Wildman–Crippen MR) is 159 cm³/mol. The summed E-state index contributed by atoms with van der Waals surface area (Å²) in [5.41, 5.74) is 3.10. The Hall–Kier alpha value is -4.09. The third kappa shape index (κ3) is 5.93. The van der Waals surface area contributed by atoms with Gasteiger partial charge in [-0.05, 0) is 75.7 Å². The van der Waals surface area contributed by atoms with Crippen molar-refractivity contribution in [1.82, 2.24) is 20.3 Å². The molecule has 1 saturated heterocycles. The molecule has 6 rings (SSSR count). The zero-order valence-corrected chi connectivity index (χ0v) is 24.6. The Morgan fingerprint density at radius 3 is 2.57 bits per heavy atom. The number of aromatic nitrogens is 3. The third-order valence-electron chi connectivity index (χ3n) is 7.46. The van der Waals surface area contributed by atoms with E-state index in [0.29, 0.717) is 12.1 Å². The fourth-order valence-electron chi connectivity index (χ4n) is 5.37. The number of ether oxygens (including phenoxy) is 2. The number of hydrogen-bond acceptors (Lipinski definition) is 9. The molecule has 0 saturated carbocycles. The smallest absolute Gasteiger partial charge is 0.251 e. The van der Waals surface area contributed by atoms with E-state index >= 15 is 0 Å². The van der Waals surface area contributed by atoms with E-state index in [1.54, 1.807) is 18.3 Å². The number of carbonyl (C=O) groups is 1. The highest BCUT2D eigenvalue weighted by Gasteiger charge is 2.27. The van der Waals surface area contributed by atoms with Crippen molar-refractivity contribution in [3.05, 3.63) is 72.1 Å². The normalized spacial score (nSPS) is 21.7. The van der Waals surface area contributed by atoms with E-state index in [1.807, 2.05) is 43.3 Å². The topological polar surface area (TPSA) is 124 Å². The SMILES string of the molecule is C[C@@H]1CCS(=O)(=O)c2cc(C(=O)NCc3cc4nc(-c5cccc(N6C[C@@H](C)O[C@@H](C)C6)n5)ccc4cn3)ccc2O1. The van der Waals surface area contributed by atoms with Gasteiger partial charge in [-0.3, -0.25) is 9.78 Å². The maximum absolute atomic E-state index is 13.0. The summed E-state index contributed by atoms with van der Waals surface area (Å²) in [5.74, 6) is 0.750.